The van der Waals surface area contributed by atoms with Crippen molar-refractivity contribution in [2.24, 2.45) is 10.2 Å². The maximum atomic E-state index is 9.13. The van der Waals surface area contributed by atoms with Crippen molar-refractivity contribution in [1.29, 1.82) is 0 Å². The van der Waals surface area contributed by atoms with Crippen molar-refractivity contribution in [2.45, 2.75) is 13.3 Å². The highest BCUT2D eigenvalue weighted by atomic mass is 16.3. The summed E-state index contributed by atoms with van der Waals surface area (Å²) in [7, 11) is 0. The zero-order valence-corrected chi connectivity index (χ0v) is 9.67. The molecule has 2 rings (SSSR count). The summed E-state index contributed by atoms with van der Waals surface area (Å²) in [6.45, 7) is 2.12. The van der Waals surface area contributed by atoms with E-state index < -0.39 is 0 Å². The zero-order chi connectivity index (χ0) is 12.1. The van der Waals surface area contributed by atoms with Gasteiger partial charge in [-0.2, -0.15) is 10.2 Å². The van der Waals surface area contributed by atoms with Crippen LogP contribution in [0, 0.1) is 0 Å². The van der Waals surface area contributed by atoms with Crippen LogP contribution in [0.5, 0.6) is 5.75 Å². The van der Waals surface area contributed by atoms with Crippen LogP contribution >= 0.6 is 0 Å². The summed E-state index contributed by atoms with van der Waals surface area (Å²) >= 11 is 0. The molecular weight excluding hydrogens is 212 g/mol. The summed E-state index contributed by atoms with van der Waals surface area (Å²) in [6, 6.07) is 14.6. The van der Waals surface area contributed by atoms with Gasteiger partial charge in [0.1, 0.15) is 5.75 Å². The van der Waals surface area contributed by atoms with Gasteiger partial charge < -0.3 is 5.11 Å². The first-order chi connectivity index (χ1) is 8.28. The molecule has 0 bridgehead atoms. The van der Waals surface area contributed by atoms with E-state index in [-0.39, 0.29) is 5.75 Å². The number of aromatic hydroxyl groups is 1. The van der Waals surface area contributed by atoms with Gasteiger partial charge in [-0.1, -0.05) is 19.1 Å². The van der Waals surface area contributed by atoms with Crippen LogP contribution < -0.4 is 0 Å². The summed E-state index contributed by atoms with van der Waals surface area (Å²) in [5.41, 5.74) is 2.84. The molecule has 0 atom stereocenters. The number of phenols is 1. The summed E-state index contributed by atoms with van der Waals surface area (Å²) in [5, 5.41) is 17.3. The molecule has 0 aliphatic heterocycles. The van der Waals surface area contributed by atoms with Crippen LogP contribution in [0.1, 0.15) is 12.5 Å². The van der Waals surface area contributed by atoms with Gasteiger partial charge in [-0.25, -0.2) is 0 Å². The maximum absolute atomic E-state index is 9.13. The van der Waals surface area contributed by atoms with Crippen molar-refractivity contribution in [2.75, 3.05) is 0 Å². The summed E-state index contributed by atoms with van der Waals surface area (Å²) in [5.74, 6) is 0.233. The Morgan fingerprint density at radius 3 is 1.76 bits per heavy atom. The third-order valence-electron chi connectivity index (χ3n) is 2.48. The van der Waals surface area contributed by atoms with Crippen LogP contribution in [0.25, 0.3) is 0 Å². The lowest BCUT2D eigenvalue weighted by molar-refractivity contribution is 0.475. The van der Waals surface area contributed by atoms with Crippen molar-refractivity contribution >= 4 is 11.4 Å². The highest BCUT2D eigenvalue weighted by Gasteiger charge is 1.92. The van der Waals surface area contributed by atoms with Gasteiger partial charge in [0.05, 0.1) is 11.4 Å². The normalized spacial score (nSPS) is 10.9. The van der Waals surface area contributed by atoms with Crippen LogP contribution in [0.2, 0.25) is 0 Å². The van der Waals surface area contributed by atoms with Crippen LogP contribution in [-0.2, 0) is 6.42 Å². The average Bonchev–Trinajstić information content (AvgIpc) is 2.39. The number of phenolic OH excluding ortho intramolecular Hbond substituents is 1. The minimum Gasteiger partial charge on any atom is -0.508 e. The summed E-state index contributed by atoms with van der Waals surface area (Å²) in [4.78, 5) is 0. The molecule has 0 spiro atoms. The van der Waals surface area contributed by atoms with Crippen LogP contribution in [0.15, 0.2) is 58.8 Å². The lowest BCUT2D eigenvalue weighted by Gasteiger charge is -1.96. The minimum atomic E-state index is 0.233. The van der Waals surface area contributed by atoms with Crippen molar-refractivity contribution in [3.63, 3.8) is 0 Å². The van der Waals surface area contributed by atoms with Crippen molar-refractivity contribution in [1.82, 2.24) is 0 Å². The number of benzene rings is 2. The smallest absolute Gasteiger partial charge is 0.115 e. The molecule has 1 N–H and O–H groups in total. The molecule has 0 aliphatic rings. The highest BCUT2D eigenvalue weighted by molar-refractivity contribution is 5.42. The Morgan fingerprint density at radius 1 is 0.824 bits per heavy atom. The van der Waals surface area contributed by atoms with Gasteiger partial charge in [-0.05, 0) is 48.4 Å². The van der Waals surface area contributed by atoms with Crippen LogP contribution in [0.3, 0.4) is 0 Å². The molecule has 0 fully saturated rings. The number of rotatable bonds is 3. The summed E-state index contributed by atoms with van der Waals surface area (Å²) in [6.07, 6.45) is 1.02. The molecule has 2 aromatic carbocycles. The molecule has 0 aliphatic carbocycles. The van der Waals surface area contributed by atoms with Gasteiger partial charge in [0.25, 0.3) is 0 Å². The third kappa shape index (κ3) is 3.14. The summed E-state index contributed by atoms with van der Waals surface area (Å²) < 4.78 is 0. The second-order valence-electron chi connectivity index (χ2n) is 3.74. The van der Waals surface area contributed by atoms with Crippen LogP contribution in [-0.4, -0.2) is 5.11 Å². The average molecular weight is 226 g/mol. The van der Waals surface area contributed by atoms with E-state index in [0.717, 1.165) is 17.8 Å². The van der Waals surface area contributed by atoms with Gasteiger partial charge in [0.15, 0.2) is 0 Å². The molecule has 0 amide bonds. The second kappa shape index (κ2) is 5.25. The predicted octanol–water partition coefficient (Wildman–Crippen LogP) is 4.37. The number of azo groups is 1. The molecule has 0 radical (unpaired) electrons. The fourth-order valence-electron chi connectivity index (χ4n) is 1.43. The number of nitrogens with zero attached hydrogens (tertiary/aromatic N) is 2. The SMILES string of the molecule is CCc1ccc(/N=N/c2ccc(O)cc2)cc1. The first kappa shape index (κ1) is 11.3. The van der Waals surface area contributed by atoms with Gasteiger partial charge >= 0.3 is 0 Å². The van der Waals surface area contributed by atoms with E-state index in [1.165, 1.54) is 5.56 Å². The maximum Gasteiger partial charge on any atom is 0.115 e. The number of aryl methyl sites for hydroxylation is 1. The zero-order valence-electron chi connectivity index (χ0n) is 9.67. The van der Waals surface area contributed by atoms with E-state index in [2.05, 4.69) is 17.2 Å². The predicted molar refractivity (Wildman–Crippen MR) is 68.1 cm³/mol. The Kier molecular flexibility index (Phi) is 3.50. The molecule has 2 aromatic rings. The second-order valence-corrected chi connectivity index (χ2v) is 3.74. The molecule has 86 valence electrons. The number of hydrogen-bond acceptors (Lipinski definition) is 3. The van der Waals surface area contributed by atoms with Crippen LogP contribution in [0.4, 0.5) is 11.4 Å². The Labute approximate surface area is 100 Å². The molecule has 17 heavy (non-hydrogen) atoms. The first-order valence-corrected chi connectivity index (χ1v) is 5.57. The third-order valence-corrected chi connectivity index (χ3v) is 2.48. The van der Waals surface area contributed by atoms with E-state index in [1.807, 2.05) is 24.3 Å². The molecule has 0 unspecified atom stereocenters. The van der Waals surface area contributed by atoms with E-state index >= 15 is 0 Å². The lowest BCUT2D eigenvalue weighted by atomic mass is 10.2. The Morgan fingerprint density at radius 2 is 1.29 bits per heavy atom. The number of hydrogen-bond donors (Lipinski definition) is 1. The van der Waals surface area contributed by atoms with Gasteiger partial charge in [-0.15, -0.1) is 0 Å². The topological polar surface area (TPSA) is 45.0 Å². The molecule has 0 aromatic heterocycles. The molecule has 3 heteroatoms. The largest absolute Gasteiger partial charge is 0.508 e. The molecular formula is C14H14N2O. The quantitative estimate of drug-likeness (QED) is 0.776. The standard InChI is InChI=1S/C14H14N2O/c1-2-11-3-5-12(6-4-11)15-16-13-7-9-14(17)10-8-13/h3-10,17H,2H2,1H3/b16-15+. The van der Waals surface area contributed by atoms with Crippen molar-refractivity contribution < 1.29 is 5.11 Å². The Hall–Kier alpha value is -2.16. The van der Waals surface area contributed by atoms with Gasteiger partial charge in [0.2, 0.25) is 0 Å². The van der Waals surface area contributed by atoms with Crippen molar-refractivity contribution in [3.8, 4) is 5.75 Å². The first-order valence-electron chi connectivity index (χ1n) is 5.57. The monoisotopic (exact) mass is 226 g/mol. The van der Waals surface area contributed by atoms with E-state index in [9.17, 15) is 0 Å². The van der Waals surface area contributed by atoms with Gasteiger partial charge in [-0.3, -0.25) is 0 Å². The molecule has 0 saturated carbocycles. The lowest BCUT2D eigenvalue weighted by Crippen LogP contribution is -1.75. The Bertz CT molecular complexity index is 501. The van der Waals surface area contributed by atoms with E-state index in [0.29, 0.717) is 0 Å². The van der Waals surface area contributed by atoms with Gasteiger partial charge in [0, 0.05) is 0 Å². The highest BCUT2D eigenvalue weighted by Crippen LogP contribution is 2.20. The molecule has 0 saturated heterocycles. The Balaban J connectivity index is 2.11. The van der Waals surface area contributed by atoms with E-state index in [4.69, 9.17) is 5.11 Å². The molecule has 0 heterocycles. The van der Waals surface area contributed by atoms with Crippen molar-refractivity contribution in [3.05, 3.63) is 54.1 Å². The molecule has 3 nitrogen and oxygen atoms in total. The minimum absolute atomic E-state index is 0.233. The fraction of sp³-hybridized carbons (Fsp3) is 0.143. The van der Waals surface area contributed by atoms with E-state index in [1.54, 1.807) is 24.3 Å². The fourth-order valence-corrected chi connectivity index (χ4v) is 1.43.